The van der Waals surface area contributed by atoms with E-state index < -0.39 is 0 Å². The van der Waals surface area contributed by atoms with Crippen LogP contribution in [0.3, 0.4) is 0 Å². The Morgan fingerprint density at radius 1 is 1.22 bits per heavy atom. The molecule has 0 bridgehead atoms. The zero-order valence-corrected chi connectivity index (χ0v) is 10.1. The molecular weight excluding hydrogens is 227 g/mol. The topological polar surface area (TPSA) is 35.8 Å². The Bertz CT molecular complexity index is 600. The first-order chi connectivity index (χ1) is 8.69. The summed E-state index contributed by atoms with van der Waals surface area (Å²) >= 11 is 0. The molecule has 0 fully saturated rings. The molecule has 0 aromatic heterocycles. The summed E-state index contributed by atoms with van der Waals surface area (Å²) in [6.45, 7) is 2.30. The first kappa shape index (κ1) is 12.1. The monoisotopic (exact) mass is 240 g/mol. The van der Waals surface area contributed by atoms with E-state index in [0.717, 1.165) is 11.3 Å². The molecule has 2 aromatic carbocycles. The lowest BCUT2D eigenvalue weighted by atomic mass is 10.1. The van der Waals surface area contributed by atoms with Gasteiger partial charge in [0.05, 0.1) is 11.6 Å². The maximum Gasteiger partial charge on any atom is 0.128 e. The van der Waals surface area contributed by atoms with Gasteiger partial charge in [0, 0.05) is 12.2 Å². The lowest BCUT2D eigenvalue weighted by molar-refractivity contribution is 0.619. The van der Waals surface area contributed by atoms with Gasteiger partial charge in [-0.3, -0.25) is 0 Å². The Morgan fingerprint density at radius 3 is 2.78 bits per heavy atom. The predicted octanol–water partition coefficient (Wildman–Crippen LogP) is 3.62. The molecule has 0 aliphatic heterocycles. The van der Waals surface area contributed by atoms with Crippen molar-refractivity contribution in [2.45, 2.75) is 13.5 Å². The molecule has 0 amide bonds. The van der Waals surface area contributed by atoms with E-state index in [1.54, 1.807) is 19.1 Å². The molecule has 0 spiro atoms. The van der Waals surface area contributed by atoms with Gasteiger partial charge in [-0.2, -0.15) is 5.26 Å². The van der Waals surface area contributed by atoms with Crippen molar-refractivity contribution in [3.05, 3.63) is 65.0 Å². The van der Waals surface area contributed by atoms with Crippen LogP contribution in [0.2, 0.25) is 0 Å². The van der Waals surface area contributed by atoms with Crippen LogP contribution in [0.5, 0.6) is 0 Å². The van der Waals surface area contributed by atoms with Crippen LogP contribution in [-0.4, -0.2) is 0 Å². The van der Waals surface area contributed by atoms with Gasteiger partial charge in [0.2, 0.25) is 0 Å². The van der Waals surface area contributed by atoms with Crippen LogP contribution in [0, 0.1) is 24.1 Å². The van der Waals surface area contributed by atoms with Crippen LogP contribution in [-0.2, 0) is 6.54 Å². The molecule has 0 atom stereocenters. The second-order valence-corrected chi connectivity index (χ2v) is 4.13. The van der Waals surface area contributed by atoms with Gasteiger partial charge in [0.1, 0.15) is 5.82 Å². The largest absolute Gasteiger partial charge is 0.381 e. The lowest BCUT2D eigenvalue weighted by Gasteiger charge is -2.07. The second kappa shape index (κ2) is 5.33. The third kappa shape index (κ3) is 2.86. The quantitative estimate of drug-likeness (QED) is 0.889. The highest BCUT2D eigenvalue weighted by molar-refractivity contribution is 5.46. The van der Waals surface area contributed by atoms with E-state index in [1.807, 2.05) is 24.3 Å². The smallest absolute Gasteiger partial charge is 0.128 e. The van der Waals surface area contributed by atoms with Crippen molar-refractivity contribution in [2.24, 2.45) is 0 Å². The number of nitrogens with zero attached hydrogens (tertiary/aromatic N) is 1. The molecule has 0 saturated heterocycles. The average Bonchev–Trinajstić information content (AvgIpc) is 2.40. The van der Waals surface area contributed by atoms with E-state index in [0.29, 0.717) is 17.7 Å². The molecule has 18 heavy (non-hydrogen) atoms. The van der Waals surface area contributed by atoms with Crippen molar-refractivity contribution in [3.8, 4) is 6.07 Å². The fourth-order valence-electron chi connectivity index (χ4n) is 1.66. The van der Waals surface area contributed by atoms with Crippen molar-refractivity contribution >= 4 is 5.69 Å². The van der Waals surface area contributed by atoms with Crippen molar-refractivity contribution in [2.75, 3.05) is 5.32 Å². The number of nitrogens with one attached hydrogen (secondary N) is 1. The SMILES string of the molecule is Cc1ccc(NCc2cccc(C#N)c2)cc1F. The van der Waals surface area contributed by atoms with Gasteiger partial charge >= 0.3 is 0 Å². The normalized spacial score (nSPS) is 9.83. The van der Waals surface area contributed by atoms with Gasteiger partial charge in [-0.05, 0) is 42.3 Å². The maximum atomic E-state index is 13.3. The highest BCUT2D eigenvalue weighted by atomic mass is 19.1. The van der Waals surface area contributed by atoms with Gasteiger partial charge in [-0.1, -0.05) is 18.2 Å². The first-order valence-corrected chi connectivity index (χ1v) is 5.68. The van der Waals surface area contributed by atoms with E-state index in [-0.39, 0.29) is 5.82 Å². The average molecular weight is 240 g/mol. The lowest BCUT2D eigenvalue weighted by Crippen LogP contribution is -2.00. The fraction of sp³-hybridized carbons (Fsp3) is 0.133. The van der Waals surface area contributed by atoms with Crippen LogP contribution in [0.15, 0.2) is 42.5 Å². The molecule has 0 heterocycles. The minimum atomic E-state index is -0.217. The number of hydrogen-bond donors (Lipinski definition) is 1. The molecule has 2 rings (SSSR count). The van der Waals surface area contributed by atoms with Gasteiger partial charge in [-0.15, -0.1) is 0 Å². The highest BCUT2D eigenvalue weighted by Crippen LogP contribution is 2.15. The molecule has 0 saturated carbocycles. The molecular formula is C15H13FN2. The van der Waals surface area contributed by atoms with Crippen LogP contribution < -0.4 is 5.32 Å². The third-order valence-electron chi connectivity index (χ3n) is 2.72. The molecule has 2 nitrogen and oxygen atoms in total. The van der Waals surface area contributed by atoms with E-state index in [9.17, 15) is 4.39 Å². The van der Waals surface area contributed by atoms with Crippen LogP contribution >= 0.6 is 0 Å². The molecule has 2 aromatic rings. The zero-order valence-electron chi connectivity index (χ0n) is 10.1. The summed E-state index contributed by atoms with van der Waals surface area (Å²) in [5, 5.41) is 11.9. The van der Waals surface area contributed by atoms with Crippen molar-refractivity contribution in [1.82, 2.24) is 0 Å². The first-order valence-electron chi connectivity index (χ1n) is 5.68. The van der Waals surface area contributed by atoms with E-state index >= 15 is 0 Å². The number of benzene rings is 2. The number of rotatable bonds is 3. The van der Waals surface area contributed by atoms with Crippen LogP contribution in [0.4, 0.5) is 10.1 Å². The molecule has 3 heteroatoms. The number of hydrogen-bond acceptors (Lipinski definition) is 2. The van der Waals surface area contributed by atoms with Gasteiger partial charge in [0.25, 0.3) is 0 Å². The second-order valence-electron chi connectivity index (χ2n) is 4.13. The Kier molecular flexibility index (Phi) is 3.59. The van der Waals surface area contributed by atoms with Crippen molar-refractivity contribution < 1.29 is 4.39 Å². The van der Waals surface area contributed by atoms with E-state index in [2.05, 4.69) is 11.4 Å². The van der Waals surface area contributed by atoms with Crippen molar-refractivity contribution in [3.63, 3.8) is 0 Å². The maximum absolute atomic E-state index is 13.3. The van der Waals surface area contributed by atoms with E-state index in [4.69, 9.17) is 5.26 Å². The molecule has 0 unspecified atom stereocenters. The Morgan fingerprint density at radius 2 is 2.06 bits per heavy atom. The van der Waals surface area contributed by atoms with Gasteiger partial charge < -0.3 is 5.32 Å². The summed E-state index contributed by atoms with van der Waals surface area (Å²) in [5.41, 5.74) is 2.99. The van der Waals surface area contributed by atoms with E-state index in [1.165, 1.54) is 6.07 Å². The molecule has 0 aliphatic carbocycles. The summed E-state index contributed by atoms with van der Waals surface area (Å²) in [6, 6.07) is 14.5. The predicted molar refractivity (Wildman–Crippen MR) is 69.6 cm³/mol. The third-order valence-corrected chi connectivity index (χ3v) is 2.72. The summed E-state index contributed by atoms with van der Waals surface area (Å²) in [5.74, 6) is -0.217. The summed E-state index contributed by atoms with van der Waals surface area (Å²) in [7, 11) is 0. The Hall–Kier alpha value is -2.34. The zero-order chi connectivity index (χ0) is 13.0. The summed E-state index contributed by atoms with van der Waals surface area (Å²) in [4.78, 5) is 0. The standard InChI is InChI=1S/C15H13FN2/c1-11-5-6-14(8-15(11)16)18-10-13-4-2-3-12(7-13)9-17/h2-8,18H,10H2,1H3. The molecule has 90 valence electrons. The molecule has 0 aliphatic rings. The van der Waals surface area contributed by atoms with Gasteiger partial charge in [-0.25, -0.2) is 4.39 Å². The molecule has 0 radical (unpaired) electrons. The minimum Gasteiger partial charge on any atom is -0.381 e. The fourth-order valence-corrected chi connectivity index (χ4v) is 1.66. The van der Waals surface area contributed by atoms with Crippen molar-refractivity contribution in [1.29, 1.82) is 5.26 Å². The minimum absolute atomic E-state index is 0.217. The highest BCUT2D eigenvalue weighted by Gasteiger charge is 2.00. The summed E-state index contributed by atoms with van der Waals surface area (Å²) in [6.07, 6.45) is 0. The van der Waals surface area contributed by atoms with Gasteiger partial charge in [0.15, 0.2) is 0 Å². The number of aryl methyl sites for hydroxylation is 1. The van der Waals surface area contributed by atoms with Crippen LogP contribution in [0.1, 0.15) is 16.7 Å². The van der Waals surface area contributed by atoms with Crippen LogP contribution in [0.25, 0.3) is 0 Å². The Balaban J connectivity index is 2.07. The number of nitriles is 1. The Labute approximate surface area is 106 Å². The molecule has 1 N–H and O–H groups in total. The summed E-state index contributed by atoms with van der Waals surface area (Å²) < 4.78 is 13.3. The number of anilines is 1. The number of halogens is 1.